The van der Waals surface area contributed by atoms with Crippen LogP contribution in [-0.2, 0) is 0 Å². The van der Waals surface area contributed by atoms with Gasteiger partial charge in [0.2, 0.25) is 0 Å². The molecule has 1 saturated carbocycles. The second-order valence-corrected chi connectivity index (χ2v) is 3.43. The van der Waals surface area contributed by atoms with E-state index in [0.717, 1.165) is 12.8 Å². The van der Waals surface area contributed by atoms with Crippen LogP contribution in [0.3, 0.4) is 0 Å². The van der Waals surface area contributed by atoms with Crippen LogP contribution in [0.5, 0.6) is 0 Å². The van der Waals surface area contributed by atoms with Gasteiger partial charge in [0.05, 0.1) is 6.10 Å². The summed E-state index contributed by atoms with van der Waals surface area (Å²) in [5.74, 6) is 0. The Labute approximate surface area is 74.8 Å². The van der Waals surface area contributed by atoms with E-state index >= 15 is 0 Å². The summed E-state index contributed by atoms with van der Waals surface area (Å²) in [6.07, 6.45) is 4.33. The first-order valence-corrected chi connectivity index (χ1v) is 4.06. The van der Waals surface area contributed by atoms with Gasteiger partial charge in [-0.3, -0.25) is 0 Å². The summed E-state index contributed by atoms with van der Waals surface area (Å²) in [6.45, 7) is 2.09. The fourth-order valence-corrected chi connectivity index (χ4v) is 1.61. The molecule has 1 aliphatic rings. The van der Waals surface area contributed by atoms with Crippen LogP contribution in [0.1, 0.15) is 32.6 Å². The van der Waals surface area contributed by atoms with Gasteiger partial charge in [-0.25, -0.2) is 0 Å². The fraction of sp³-hybridized carbons (Fsp3) is 1.00. The van der Waals surface area contributed by atoms with Crippen molar-refractivity contribution in [1.82, 2.24) is 5.32 Å². The van der Waals surface area contributed by atoms with E-state index in [1.54, 1.807) is 0 Å². The quantitative estimate of drug-likeness (QED) is 0.637. The molecule has 0 saturated heterocycles. The van der Waals surface area contributed by atoms with Crippen LogP contribution >= 0.6 is 12.4 Å². The lowest BCUT2D eigenvalue weighted by molar-refractivity contribution is 0.0387. The van der Waals surface area contributed by atoms with Crippen LogP contribution in [0.4, 0.5) is 0 Å². The number of halogens is 1. The molecule has 2 N–H and O–H groups in total. The van der Waals surface area contributed by atoms with Gasteiger partial charge in [-0.15, -0.1) is 12.4 Å². The number of hydrogen-bond donors (Lipinski definition) is 2. The Morgan fingerprint density at radius 1 is 1.45 bits per heavy atom. The van der Waals surface area contributed by atoms with Gasteiger partial charge in [0.15, 0.2) is 0 Å². The normalized spacial score (nSPS) is 37.9. The van der Waals surface area contributed by atoms with E-state index in [9.17, 15) is 5.11 Å². The van der Waals surface area contributed by atoms with E-state index in [0.29, 0.717) is 0 Å². The van der Waals surface area contributed by atoms with Crippen molar-refractivity contribution in [3.8, 4) is 0 Å². The molecule has 3 heteroatoms. The average Bonchev–Trinajstić information content (AvgIpc) is 1.96. The van der Waals surface area contributed by atoms with Crippen LogP contribution < -0.4 is 5.32 Å². The van der Waals surface area contributed by atoms with Gasteiger partial charge < -0.3 is 10.4 Å². The Hall–Kier alpha value is 0.210. The highest BCUT2D eigenvalue weighted by atomic mass is 35.5. The minimum atomic E-state index is -0.147. The molecule has 2 unspecified atom stereocenters. The summed E-state index contributed by atoms with van der Waals surface area (Å²) < 4.78 is 0. The molecule has 1 aliphatic carbocycles. The van der Waals surface area contributed by atoms with Gasteiger partial charge in [0, 0.05) is 5.54 Å². The Bertz CT molecular complexity index is 121. The standard InChI is InChI=1S/C8H17NO.ClH/c1-8(9-2)6-4-3-5-7(8)10;/h7,9-10H,3-6H2,1-2H3;1H. The minimum Gasteiger partial charge on any atom is -0.391 e. The first kappa shape index (κ1) is 11.2. The van der Waals surface area contributed by atoms with E-state index < -0.39 is 0 Å². The highest BCUT2D eigenvalue weighted by Crippen LogP contribution is 2.27. The summed E-state index contributed by atoms with van der Waals surface area (Å²) in [7, 11) is 1.93. The molecule has 2 atom stereocenters. The van der Waals surface area contributed by atoms with Crippen LogP contribution in [0.15, 0.2) is 0 Å². The highest BCUT2D eigenvalue weighted by Gasteiger charge is 2.33. The van der Waals surface area contributed by atoms with Crippen molar-refractivity contribution in [3.63, 3.8) is 0 Å². The van der Waals surface area contributed by atoms with Crippen LogP contribution in [0.2, 0.25) is 0 Å². The summed E-state index contributed by atoms with van der Waals surface area (Å²) >= 11 is 0. The summed E-state index contributed by atoms with van der Waals surface area (Å²) in [5, 5.41) is 12.7. The molecular weight excluding hydrogens is 162 g/mol. The zero-order valence-electron chi connectivity index (χ0n) is 7.26. The van der Waals surface area contributed by atoms with Crippen molar-refractivity contribution in [3.05, 3.63) is 0 Å². The summed E-state index contributed by atoms with van der Waals surface area (Å²) in [6, 6.07) is 0. The van der Waals surface area contributed by atoms with Crippen molar-refractivity contribution in [1.29, 1.82) is 0 Å². The largest absolute Gasteiger partial charge is 0.391 e. The molecule has 0 heterocycles. The maximum absolute atomic E-state index is 9.57. The molecule has 68 valence electrons. The Morgan fingerprint density at radius 3 is 2.45 bits per heavy atom. The lowest BCUT2D eigenvalue weighted by atomic mass is 9.81. The van der Waals surface area contributed by atoms with Crippen LogP contribution in [0.25, 0.3) is 0 Å². The van der Waals surface area contributed by atoms with Crippen molar-refractivity contribution in [2.24, 2.45) is 0 Å². The second-order valence-electron chi connectivity index (χ2n) is 3.43. The first-order valence-electron chi connectivity index (χ1n) is 4.06. The van der Waals surface area contributed by atoms with Crippen molar-refractivity contribution in [2.45, 2.75) is 44.2 Å². The van der Waals surface area contributed by atoms with Gasteiger partial charge in [-0.2, -0.15) is 0 Å². The maximum atomic E-state index is 9.57. The van der Waals surface area contributed by atoms with Crippen molar-refractivity contribution in [2.75, 3.05) is 7.05 Å². The molecule has 0 bridgehead atoms. The van der Waals surface area contributed by atoms with Crippen molar-refractivity contribution < 1.29 is 5.11 Å². The van der Waals surface area contributed by atoms with Crippen molar-refractivity contribution >= 4 is 12.4 Å². The Kier molecular flexibility index (Phi) is 4.37. The molecule has 2 nitrogen and oxygen atoms in total. The number of aliphatic hydroxyl groups is 1. The van der Waals surface area contributed by atoms with Gasteiger partial charge in [0.1, 0.15) is 0 Å². The molecule has 0 aromatic heterocycles. The monoisotopic (exact) mass is 179 g/mol. The van der Waals surface area contributed by atoms with E-state index in [-0.39, 0.29) is 24.0 Å². The van der Waals surface area contributed by atoms with E-state index in [4.69, 9.17) is 0 Å². The molecule has 0 aromatic rings. The average molecular weight is 180 g/mol. The summed E-state index contributed by atoms with van der Waals surface area (Å²) in [5.41, 5.74) is -0.0156. The van der Waals surface area contributed by atoms with Crippen LogP contribution in [-0.4, -0.2) is 23.8 Å². The first-order chi connectivity index (χ1) is 4.69. The summed E-state index contributed by atoms with van der Waals surface area (Å²) in [4.78, 5) is 0. The van der Waals surface area contributed by atoms with E-state index in [2.05, 4.69) is 12.2 Å². The van der Waals surface area contributed by atoms with Gasteiger partial charge in [-0.05, 0) is 26.8 Å². The molecule has 11 heavy (non-hydrogen) atoms. The van der Waals surface area contributed by atoms with Gasteiger partial charge >= 0.3 is 0 Å². The lowest BCUT2D eigenvalue weighted by Gasteiger charge is -2.38. The number of aliphatic hydroxyl groups excluding tert-OH is 1. The Balaban J connectivity index is 0.000001000. The topological polar surface area (TPSA) is 32.3 Å². The number of likely N-dealkylation sites (N-methyl/N-ethyl adjacent to an activating group) is 1. The third-order valence-corrected chi connectivity index (χ3v) is 2.73. The predicted molar refractivity (Wildman–Crippen MR) is 49.2 cm³/mol. The van der Waals surface area contributed by atoms with Gasteiger partial charge in [0.25, 0.3) is 0 Å². The lowest BCUT2D eigenvalue weighted by Crippen LogP contribution is -2.52. The predicted octanol–water partition coefficient (Wildman–Crippen LogP) is 1.32. The van der Waals surface area contributed by atoms with E-state index in [1.165, 1.54) is 12.8 Å². The molecule has 0 radical (unpaired) electrons. The van der Waals surface area contributed by atoms with E-state index in [1.807, 2.05) is 7.05 Å². The fourth-order valence-electron chi connectivity index (χ4n) is 1.61. The Morgan fingerprint density at radius 2 is 2.09 bits per heavy atom. The number of hydrogen-bond acceptors (Lipinski definition) is 2. The van der Waals surface area contributed by atoms with Crippen LogP contribution in [0, 0.1) is 0 Å². The molecule has 0 spiro atoms. The SMILES string of the molecule is CNC1(C)CCCCC1O.Cl. The minimum absolute atomic E-state index is 0. The molecule has 0 aliphatic heterocycles. The molecule has 1 rings (SSSR count). The molecule has 0 amide bonds. The third-order valence-electron chi connectivity index (χ3n) is 2.73. The third kappa shape index (κ3) is 2.32. The highest BCUT2D eigenvalue weighted by molar-refractivity contribution is 5.85. The maximum Gasteiger partial charge on any atom is 0.0718 e. The molecule has 0 aromatic carbocycles. The zero-order chi connectivity index (χ0) is 7.61. The zero-order valence-corrected chi connectivity index (χ0v) is 8.08. The molecule has 1 fully saturated rings. The molecular formula is C8H18ClNO. The number of nitrogens with one attached hydrogen (secondary N) is 1. The van der Waals surface area contributed by atoms with Gasteiger partial charge in [-0.1, -0.05) is 12.8 Å². The smallest absolute Gasteiger partial charge is 0.0718 e. The number of rotatable bonds is 1. The second kappa shape index (κ2) is 4.29.